The van der Waals surface area contributed by atoms with Crippen molar-refractivity contribution in [3.63, 3.8) is 0 Å². The summed E-state index contributed by atoms with van der Waals surface area (Å²) >= 11 is 0. The molecule has 0 radical (unpaired) electrons. The Morgan fingerprint density at radius 3 is 1.96 bits per heavy atom. The normalized spacial score (nSPS) is 32.4. The molecule has 0 aliphatic heterocycles. The minimum Gasteiger partial charge on any atom is -0.263 e. The summed E-state index contributed by atoms with van der Waals surface area (Å²) in [5.41, 5.74) is 4.82. The molecule has 2 fully saturated rings. The van der Waals surface area contributed by atoms with Gasteiger partial charge in [0.1, 0.15) is 0 Å². The minimum atomic E-state index is -4.05. The van der Waals surface area contributed by atoms with Crippen LogP contribution in [-0.2, 0) is 28.6 Å². The van der Waals surface area contributed by atoms with Crippen LogP contribution in [-0.4, -0.2) is 29.0 Å². The largest absolute Gasteiger partial charge is 0.297 e. The zero-order valence-electron chi connectivity index (χ0n) is 30.7. The van der Waals surface area contributed by atoms with E-state index in [0.717, 1.165) is 42.7 Å². The van der Waals surface area contributed by atoms with Crippen molar-refractivity contribution in [2.75, 3.05) is 0 Å². The van der Waals surface area contributed by atoms with Gasteiger partial charge in [-0.3, -0.25) is 8.37 Å². The summed E-state index contributed by atoms with van der Waals surface area (Å²) in [4.78, 5) is 0.311. The highest BCUT2D eigenvalue weighted by Crippen LogP contribution is 2.66. The van der Waals surface area contributed by atoms with Crippen LogP contribution < -0.4 is 0 Å². The van der Waals surface area contributed by atoms with Crippen LogP contribution >= 0.6 is 0 Å². The van der Waals surface area contributed by atoms with Crippen LogP contribution in [0.25, 0.3) is 0 Å². The number of fused-ring (bicyclic) bond motifs is 4. The van der Waals surface area contributed by atoms with Gasteiger partial charge in [-0.05, 0) is 130 Å². The van der Waals surface area contributed by atoms with E-state index in [1.165, 1.54) is 36.8 Å². The van der Waals surface area contributed by atoms with Gasteiger partial charge in [0.05, 0.1) is 22.0 Å². The topological polar surface area (TPSA) is 86.7 Å². The summed E-state index contributed by atoms with van der Waals surface area (Å²) in [6.07, 6.45) is 9.59. The fourth-order valence-electron chi connectivity index (χ4n) is 10.5. The van der Waals surface area contributed by atoms with Gasteiger partial charge in [0.2, 0.25) is 0 Å². The number of hydrogen-bond acceptors (Lipinski definition) is 6. The Balaban J connectivity index is 1.31. The van der Waals surface area contributed by atoms with Gasteiger partial charge in [0.25, 0.3) is 20.2 Å². The molecule has 2 aromatic rings. The summed E-state index contributed by atoms with van der Waals surface area (Å²) in [6.45, 7) is 15.8. The first-order valence-electron chi connectivity index (χ1n) is 18.8. The van der Waals surface area contributed by atoms with Crippen molar-refractivity contribution < 1.29 is 25.2 Å². The first-order chi connectivity index (χ1) is 23.0. The van der Waals surface area contributed by atoms with Gasteiger partial charge >= 0.3 is 0 Å². The summed E-state index contributed by atoms with van der Waals surface area (Å²) in [6, 6.07) is 13.6. The third-order valence-electron chi connectivity index (χ3n) is 13.3. The van der Waals surface area contributed by atoms with E-state index in [4.69, 9.17) is 8.37 Å². The average Bonchev–Trinajstić information content (AvgIpc) is 3.39. The monoisotopic (exact) mass is 710 g/mol. The molecule has 6 rings (SSSR count). The summed E-state index contributed by atoms with van der Waals surface area (Å²) in [5.74, 6) is 2.30. The molecular formula is C41H58O6S2. The zero-order chi connectivity index (χ0) is 35.4. The second-order valence-corrected chi connectivity index (χ2v) is 20.1. The van der Waals surface area contributed by atoms with Crippen LogP contribution in [0.1, 0.15) is 116 Å². The molecule has 0 saturated heterocycles. The van der Waals surface area contributed by atoms with Crippen molar-refractivity contribution in [3.05, 3.63) is 70.8 Å². The molecule has 2 saturated carbocycles. The van der Waals surface area contributed by atoms with Crippen LogP contribution in [0.3, 0.4) is 0 Å². The molecule has 2 aromatic carbocycles. The van der Waals surface area contributed by atoms with Crippen molar-refractivity contribution in [2.45, 2.75) is 141 Å². The van der Waals surface area contributed by atoms with E-state index in [9.17, 15) is 16.8 Å². The van der Waals surface area contributed by atoms with Crippen LogP contribution in [0.2, 0.25) is 0 Å². The summed E-state index contributed by atoms with van der Waals surface area (Å²) in [5, 5.41) is 0. The van der Waals surface area contributed by atoms with Crippen molar-refractivity contribution in [2.24, 2.45) is 40.4 Å². The molecule has 8 atom stereocenters. The Labute approximate surface area is 296 Å². The quantitative estimate of drug-likeness (QED) is 0.170. The van der Waals surface area contributed by atoms with E-state index < -0.39 is 32.4 Å². The number of rotatable bonds is 11. The number of hydrogen-bond donors (Lipinski definition) is 0. The van der Waals surface area contributed by atoms with E-state index in [-0.39, 0.29) is 26.5 Å². The smallest absolute Gasteiger partial charge is 0.263 e. The maximum absolute atomic E-state index is 13.9. The van der Waals surface area contributed by atoms with Crippen LogP contribution in [0.15, 0.2) is 69.5 Å². The van der Waals surface area contributed by atoms with Crippen LogP contribution in [0.5, 0.6) is 0 Å². The second kappa shape index (κ2) is 13.9. The van der Waals surface area contributed by atoms with Crippen molar-refractivity contribution in [1.82, 2.24) is 0 Å². The predicted molar refractivity (Wildman–Crippen MR) is 195 cm³/mol. The molecular weight excluding hydrogens is 653 g/mol. The van der Waals surface area contributed by atoms with E-state index in [1.807, 2.05) is 13.8 Å². The Morgan fingerprint density at radius 2 is 1.37 bits per heavy atom. The van der Waals surface area contributed by atoms with E-state index in [2.05, 4.69) is 34.6 Å². The highest BCUT2D eigenvalue weighted by Gasteiger charge is 2.59. The van der Waals surface area contributed by atoms with Gasteiger partial charge in [-0.25, -0.2) is 0 Å². The zero-order valence-corrected chi connectivity index (χ0v) is 32.3. The summed E-state index contributed by atoms with van der Waals surface area (Å²) in [7, 11) is -8.03. The van der Waals surface area contributed by atoms with Gasteiger partial charge in [-0.2, -0.15) is 16.8 Å². The first-order valence-corrected chi connectivity index (χ1v) is 21.6. The number of aryl methyl sites for hydroxylation is 2. The minimum absolute atomic E-state index is 0.149. The number of allylic oxidation sites excluding steroid dienone is 1. The van der Waals surface area contributed by atoms with Gasteiger partial charge in [-0.15, -0.1) is 0 Å². The third-order valence-corrected chi connectivity index (χ3v) is 16.0. The molecule has 0 unspecified atom stereocenters. The van der Waals surface area contributed by atoms with Crippen molar-refractivity contribution >= 4 is 20.2 Å². The maximum Gasteiger partial charge on any atom is 0.297 e. The maximum atomic E-state index is 13.9. The van der Waals surface area contributed by atoms with E-state index in [1.54, 1.807) is 48.5 Å². The van der Waals surface area contributed by atoms with E-state index >= 15 is 0 Å². The fourth-order valence-corrected chi connectivity index (χ4v) is 12.7. The molecule has 49 heavy (non-hydrogen) atoms. The molecule has 0 spiro atoms. The standard InChI is InChI=1S/C41H58O6S2/c1-27(2)9-8-10-30(5)35-19-20-36-34-26-39(47-49(44,45)33-17-13-29(4)14-18-33)38-25-31(46-48(42,43)32-15-11-28(3)12-16-32)21-23-41(38,7)37(34)22-24-40(35,36)6/h11-18,27,30-31,35-36,38-39H,8-10,19-26H2,1-7H3/t30-,31+,35-,36+,38-,39+,40-,41-/m1/s1. The molecule has 0 N–H and O–H groups in total. The third kappa shape index (κ3) is 7.23. The molecule has 0 heterocycles. The van der Waals surface area contributed by atoms with Gasteiger partial charge in [0, 0.05) is 0 Å². The van der Waals surface area contributed by atoms with Crippen LogP contribution in [0, 0.1) is 54.3 Å². The Morgan fingerprint density at radius 1 is 0.776 bits per heavy atom. The van der Waals surface area contributed by atoms with Gasteiger partial charge in [0.15, 0.2) is 0 Å². The SMILES string of the molecule is Cc1ccc(S(=O)(=O)O[C@H]2CC[C@]3(C)C4=C(C[C@H](OS(=O)(=O)c5ccc(C)cc5)[C@H]3C2)[C@@H]2CC[C@H]([C@H](C)CCCC(C)C)[C@@]2(C)CC4)cc1. The highest BCUT2D eigenvalue weighted by molar-refractivity contribution is 7.87. The average molecular weight is 711 g/mol. The van der Waals surface area contributed by atoms with E-state index in [0.29, 0.717) is 37.0 Å². The van der Waals surface area contributed by atoms with Crippen molar-refractivity contribution in [1.29, 1.82) is 0 Å². The molecule has 4 aliphatic carbocycles. The van der Waals surface area contributed by atoms with Crippen LogP contribution in [0.4, 0.5) is 0 Å². The lowest BCUT2D eigenvalue weighted by atomic mass is 9.50. The number of benzene rings is 2. The van der Waals surface area contributed by atoms with Gasteiger partial charge in [-0.1, -0.05) is 100 Å². The summed E-state index contributed by atoms with van der Waals surface area (Å²) < 4.78 is 66.8. The Bertz CT molecular complexity index is 1740. The highest BCUT2D eigenvalue weighted by atomic mass is 32.2. The molecule has 8 heteroatoms. The fraction of sp³-hybridized carbons (Fsp3) is 0.659. The second-order valence-electron chi connectivity index (χ2n) is 16.9. The Kier molecular flexibility index (Phi) is 10.4. The molecule has 4 aliphatic rings. The molecule has 0 amide bonds. The molecule has 6 nitrogen and oxygen atoms in total. The van der Waals surface area contributed by atoms with Crippen molar-refractivity contribution in [3.8, 4) is 0 Å². The lowest BCUT2D eigenvalue weighted by molar-refractivity contribution is -0.0322. The molecule has 270 valence electrons. The first kappa shape index (κ1) is 36.8. The Hall–Kier alpha value is -2.00. The molecule has 0 bridgehead atoms. The lowest BCUT2D eigenvalue weighted by Crippen LogP contribution is -2.52. The lowest BCUT2D eigenvalue weighted by Gasteiger charge is -2.57. The molecule has 0 aromatic heterocycles. The predicted octanol–water partition coefficient (Wildman–Crippen LogP) is 9.95. The van der Waals surface area contributed by atoms with Gasteiger partial charge < -0.3 is 0 Å².